The van der Waals surface area contributed by atoms with E-state index in [9.17, 15) is 24.3 Å². The van der Waals surface area contributed by atoms with Gasteiger partial charge in [0.1, 0.15) is 17.5 Å². The van der Waals surface area contributed by atoms with E-state index in [-0.39, 0.29) is 49.7 Å². The topological polar surface area (TPSA) is 139 Å². The molecule has 9 nitrogen and oxygen atoms in total. The maximum absolute atomic E-state index is 12.4. The predicted octanol–water partition coefficient (Wildman–Crippen LogP) is 2.39. The number of hydrogen-bond donors (Lipinski definition) is 3. The fraction of sp³-hybridized carbons (Fsp3) is 0.333. The summed E-state index contributed by atoms with van der Waals surface area (Å²) >= 11 is 0. The SMILES string of the molecule is CCOC(=O)[C@H](Cc1ccc(O)cc1)NC(=O)CCc1ccc(OC(=O)CCC(=O)O)cc1. The molecule has 0 fully saturated rings. The van der Waals surface area contributed by atoms with Crippen LogP contribution in [-0.2, 0) is 36.8 Å². The van der Waals surface area contributed by atoms with Crippen LogP contribution in [0.15, 0.2) is 48.5 Å². The minimum atomic E-state index is -1.08. The number of aryl methyl sites for hydroxylation is 1. The summed E-state index contributed by atoms with van der Waals surface area (Å²) in [7, 11) is 0. The molecule has 2 aromatic carbocycles. The third kappa shape index (κ3) is 9.42. The summed E-state index contributed by atoms with van der Waals surface area (Å²) in [5, 5.41) is 20.7. The summed E-state index contributed by atoms with van der Waals surface area (Å²) in [5.74, 6) is -2.17. The Morgan fingerprint density at radius 1 is 0.909 bits per heavy atom. The second-order valence-electron chi connectivity index (χ2n) is 7.25. The molecule has 1 atom stereocenters. The highest BCUT2D eigenvalue weighted by Gasteiger charge is 2.22. The number of benzene rings is 2. The number of phenolic OH excluding ortho intramolecular Hbond substituents is 1. The van der Waals surface area contributed by atoms with Crippen molar-refractivity contribution in [3.05, 3.63) is 59.7 Å². The molecule has 0 aliphatic carbocycles. The van der Waals surface area contributed by atoms with Gasteiger partial charge in [-0.25, -0.2) is 4.79 Å². The molecule has 176 valence electrons. The largest absolute Gasteiger partial charge is 0.508 e. The number of esters is 2. The van der Waals surface area contributed by atoms with Gasteiger partial charge in [-0.05, 0) is 48.7 Å². The van der Waals surface area contributed by atoms with Gasteiger partial charge < -0.3 is 25.0 Å². The highest BCUT2D eigenvalue weighted by molar-refractivity contribution is 5.84. The van der Waals surface area contributed by atoms with Crippen molar-refractivity contribution in [3.8, 4) is 11.5 Å². The number of aromatic hydroxyl groups is 1. The van der Waals surface area contributed by atoms with Gasteiger partial charge in [0, 0.05) is 12.8 Å². The molecule has 0 spiro atoms. The molecule has 2 aromatic rings. The lowest BCUT2D eigenvalue weighted by Gasteiger charge is -2.17. The minimum Gasteiger partial charge on any atom is -0.508 e. The molecule has 0 aliphatic rings. The standard InChI is InChI=1S/C24H27NO8/c1-2-32-24(31)20(15-17-3-8-18(26)9-4-17)25-21(27)12-7-16-5-10-19(11-6-16)33-23(30)14-13-22(28)29/h3-6,8-11,20,26H,2,7,12-15H2,1H3,(H,25,27)(H,28,29)/t20-/m0/s1. The molecule has 0 aromatic heterocycles. The van der Waals surface area contributed by atoms with Gasteiger partial charge in [-0.3, -0.25) is 14.4 Å². The Kier molecular flexibility index (Phi) is 9.88. The van der Waals surface area contributed by atoms with Gasteiger partial charge in [0.05, 0.1) is 19.4 Å². The van der Waals surface area contributed by atoms with E-state index in [2.05, 4.69) is 5.32 Å². The molecule has 2 rings (SSSR count). The zero-order chi connectivity index (χ0) is 24.2. The van der Waals surface area contributed by atoms with Crippen LogP contribution in [0.4, 0.5) is 0 Å². The number of carbonyl (C=O) groups excluding carboxylic acids is 3. The first-order valence-corrected chi connectivity index (χ1v) is 10.5. The van der Waals surface area contributed by atoms with E-state index >= 15 is 0 Å². The van der Waals surface area contributed by atoms with Gasteiger partial charge >= 0.3 is 17.9 Å². The van der Waals surface area contributed by atoms with Crippen LogP contribution >= 0.6 is 0 Å². The molecular formula is C24H27NO8. The third-order valence-electron chi connectivity index (χ3n) is 4.62. The third-order valence-corrected chi connectivity index (χ3v) is 4.62. The quantitative estimate of drug-likeness (QED) is 0.326. The van der Waals surface area contributed by atoms with Gasteiger partial charge in [-0.2, -0.15) is 0 Å². The smallest absolute Gasteiger partial charge is 0.328 e. The summed E-state index contributed by atoms with van der Waals surface area (Å²) in [4.78, 5) is 46.8. The maximum Gasteiger partial charge on any atom is 0.328 e. The molecule has 0 bridgehead atoms. The van der Waals surface area contributed by atoms with Crippen LogP contribution in [0.2, 0.25) is 0 Å². The van der Waals surface area contributed by atoms with E-state index in [0.717, 1.165) is 11.1 Å². The Labute approximate surface area is 191 Å². The average molecular weight is 457 g/mol. The number of amides is 1. The summed E-state index contributed by atoms with van der Waals surface area (Å²) < 4.78 is 10.1. The van der Waals surface area contributed by atoms with Crippen LogP contribution in [0.3, 0.4) is 0 Å². The Morgan fingerprint density at radius 2 is 1.55 bits per heavy atom. The normalized spacial score (nSPS) is 11.3. The Balaban J connectivity index is 1.87. The molecule has 9 heteroatoms. The van der Waals surface area contributed by atoms with Crippen molar-refractivity contribution in [1.82, 2.24) is 5.32 Å². The molecule has 0 aliphatic heterocycles. The van der Waals surface area contributed by atoms with Gasteiger partial charge in [0.2, 0.25) is 5.91 Å². The first-order valence-electron chi connectivity index (χ1n) is 10.5. The zero-order valence-electron chi connectivity index (χ0n) is 18.3. The lowest BCUT2D eigenvalue weighted by Crippen LogP contribution is -2.43. The van der Waals surface area contributed by atoms with Crippen LogP contribution < -0.4 is 10.1 Å². The fourth-order valence-electron chi connectivity index (χ4n) is 2.94. The van der Waals surface area contributed by atoms with Crippen molar-refractivity contribution in [2.75, 3.05) is 6.61 Å². The maximum atomic E-state index is 12.4. The lowest BCUT2D eigenvalue weighted by atomic mass is 10.0. The highest BCUT2D eigenvalue weighted by Crippen LogP contribution is 2.15. The van der Waals surface area contributed by atoms with Crippen LogP contribution in [0, 0.1) is 0 Å². The molecular weight excluding hydrogens is 430 g/mol. The molecule has 0 saturated carbocycles. The van der Waals surface area contributed by atoms with Crippen molar-refractivity contribution in [1.29, 1.82) is 0 Å². The number of phenols is 1. The monoisotopic (exact) mass is 457 g/mol. The summed E-state index contributed by atoms with van der Waals surface area (Å²) in [6.07, 6.45) is 0.235. The molecule has 0 radical (unpaired) electrons. The highest BCUT2D eigenvalue weighted by atomic mass is 16.5. The summed E-state index contributed by atoms with van der Waals surface area (Å²) in [6.45, 7) is 1.87. The van der Waals surface area contributed by atoms with Crippen LogP contribution in [0.25, 0.3) is 0 Å². The number of ether oxygens (including phenoxy) is 2. The van der Waals surface area contributed by atoms with Crippen LogP contribution in [0.5, 0.6) is 11.5 Å². The second-order valence-corrected chi connectivity index (χ2v) is 7.25. The zero-order valence-corrected chi connectivity index (χ0v) is 18.3. The van der Waals surface area contributed by atoms with Crippen molar-refractivity contribution in [3.63, 3.8) is 0 Å². The number of carboxylic acid groups (broad SMARTS) is 1. The fourth-order valence-corrected chi connectivity index (χ4v) is 2.94. The van der Waals surface area contributed by atoms with E-state index in [1.807, 2.05) is 0 Å². The van der Waals surface area contributed by atoms with Crippen molar-refractivity contribution in [2.24, 2.45) is 0 Å². The number of carbonyl (C=O) groups is 4. The number of carboxylic acids is 1. The average Bonchev–Trinajstić information content (AvgIpc) is 2.78. The predicted molar refractivity (Wildman–Crippen MR) is 118 cm³/mol. The van der Waals surface area contributed by atoms with Crippen molar-refractivity contribution >= 4 is 23.8 Å². The molecule has 33 heavy (non-hydrogen) atoms. The van der Waals surface area contributed by atoms with Gasteiger partial charge in [0.15, 0.2) is 0 Å². The second kappa shape index (κ2) is 12.8. The molecule has 0 unspecified atom stereocenters. The van der Waals surface area contributed by atoms with Crippen LogP contribution in [-0.4, -0.2) is 46.7 Å². The van der Waals surface area contributed by atoms with Gasteiger partial charge in [-0.15, -0.1) is 0 Å². The van der Waals surface area contributed by atoms with E-state index in [1.54, 1.807) is 43.3 Å². The lowest BCUT2D eigenvalue weighted by molar-refractivity contribution is -0.147. The van der Waals surface area contributed by atoms with Crippen molar-refractivity contribution in [2.45, 2.75) is 45.1 Å². The minimum absolute atomic E-state index is 0.108. The molecule has 0 saturated heterocycles. The first-order chi connectivity index (χ1) is 15.8. The molecule has 1 amide bonds. The Bertz CT molecular complexity index is 953. The Hall–Kier alpha value is -3.88. The first kappa shape index (κ1) is 25.4. The van der Waals surface area contributed by atoms with Crippen molar-refractivity contribution < 1.29 is 38.9 Å². The van der Waals surface area contributed by atoms with E-state index in [4.69, 9.17) is 14.6 Å². The number of rotatable bonds is 12. The van der Waals surface area contributed by atoms with Gasteiger partial charge in [-0.1, -0.05) is 24.3 Å². The summed E-state index contributed by atoms with van der Waals surface area (Å²) in [6, 6.07) is 12.0. The van der Waals surface area contributed by atoms with Crippen LogP contribution in [0.1, 0.15) is 37.3 Å². The van der Waals surface area contributed by atoms with Gasteiger partial charge in [0.25, 0.3) is 0 Å². The summed E-state index contributed by atoms with van der Waals surface area (Å²) in [5.41, 5.74) is 1.58. The van der Waals surface area contributed by atoms with E-state index in [1.165, 1.54) is 12.1 Å². The number of aliphatic carboxylic acids is 1. The number of nitrogens with one attached hydrogen (secondary N) is 1. The molecule has 0 heterocycles. The molecule has 3 N–H and O–H groups in total. The van der Waals surface area contributed by atoms with E-state index in [0.29, 0.717) is 6.42 Å². The van der Waals surface area contributed by atoms with E-state index < -0.39 is 23.9 Å². The Morgan fingerprint density at radius 3 is 2.15 bits per heavy atom. The number of hydrogen-bond acceptors (Lipinski definition) is 7.